The molecule has 3 aromatic rings. The van der Waals surface area contributed by atoms with Gasteiger partial charge in [0.05, 0.1) is 11.9 Å². The first-order chi connectivity index (χ1) is 12.0. The molecule has 0 aliphatic rings. The van der Waals surface area contributed by atoms with Crippen LogP contribution in [0.15, 0.2) is 41.9 Å². The molecule has 1 amide bonds. The highest BCUT2D eigenvalue weighted by Crippen LogP contribution is 2.21. The summed E-state index contributed by atoms with van der Waals surface area (Å²) in [5.41, 5.74) is 3.68. The molecule has 0 spiro atoms. The van der Waals surface area contributed by atoms with Crippen LogP contribution in [0.1, 0.15) is 11.1 Å². The number of nitrogens with zero attached hydrogens (tertiary/aromatic N) is 5. The Morgan fingerprint density at radius 1 is 1.16 bits per heavy atom. The summed E-state index contributed by atoms with van der Waals surface area (Å²) in [6, 6.07) is 5.96. The molecule has 0 unspecified atom stereocenters. The molecule has 0 saturated heterocycles. The van der Waals surface area contributed by atoms with Gasteiger partial charge in [0.2, 0.25) is 5.91 Å². The topological polar surface area (TPSA) is 85.6 Å². The number of benzene rings is 1. The SMILES string of the molecule is Cc1cc(C)cc(NC(=O)CSc2nnc(-c3cnccn3)n2C)c1. The van der Waals surface area contributed by atoms with Gasteiger partial charge in [-0.2, -0.15) is 0 Å². The van der Waals surface area contributed by atoms with Crippen LogP contribution >= 0.6 is 11.8 Å². The quantitative estimate of drug-likeness (QED) is 0.709. The van der Waals surface area contributed by atoms with Crippen LogP contribution < -0.4 is 5.32 Å². The van der Waals surface area contributed by atoms with Crippen molar-refractivity contribution in [3.05, 3.63) is 47.9 Å². The van der Waals surface area contributed by atoms with E-state index in [9.17, 15) is 4.79 Å². The number of aromatic nitrogens is 5. The molecule has 0 atom stereocenters. The highest BCUT2D eigenvalue weighted by molar-refractivity contribution is 7.99. The van der Waals surface area contributed by atoms with Gasteiger partial charge in [0.25, 0.3) is 0 Å². The summed E-state index contributed by atoms with van der Waals surface area (Å²) in [6.45, 7) is 4.01. The van der Waals surface area contributed by atoms with Crippen molar-refractivity contribution in [2.45, 2.75) is 19.0 Å². The van der Waals surface area contributed by atoms with E-state index in [1.54, 1.807) is 23.2 Å². The van der Waals surface area contributed by atoms with Crippen LogP contribution in [-0.4, -0.2) is 36.4 Å². The van der Waals surface area contributed by atoms with Crippen LogP contribution in [0, 0.1) is 13.8 Å². The predicted molar refractivity (Wildman–Crippen MR) is 97.3 cm³/mol. The van der Waals surface area contributed by atoms with Gasteiger partial charge in [-0.15, -0.1) is 10.2 Å². The fourth-order valence-corrected chi connectivity index (χ4v) is 3.16. The lowest BCUT2D eigenvalue weighted by atomic mass is 10.1. The van der Waals surface area contributed by atoms with Crippen molar-refractivity contribution in [2.75, 3.05) is 11.1 Å². The van der Waals surface area contributed by atoms with Gasteiger partial charge < -0.3 is 9.88 Å². The molecule has 8 heteroatoms. The Balaban J connectivity index is 1.64. The van der Waals surface area contributed by atoms with Crippen LogP contribution in [0.4, 0.5) is 5.69 Å². The zero-order valence-corrected chi connectivity index (χ0v) is 15.0. The lowest BCUT2D eigenvalue weighted by Gasteiger charge is -2.07. The summed E-state index contributed by atoms with van der Waals surface area (Å²) in [5.74, 6) is 0.781. The number of hydrogen-bond acceptors (Lipinski definition) is 6. The Bertz CT molecular complexity index is 873. The van der Waals surface area contributed by atoms with E-state index in [1.165, 1.54) is 11.8 Å². The zero-order valence-electron chi connectivity index (χ0n) is 14.2. The van der Waals surface area contributed by atoms with E-state index in [0.717, 1.165) is 16.8 Å². The first-order valence-corrected chi connectivity index (χ1v) is 8.68. The first-order valence-electron chi connectivity index (χ1n) is 7.69. The molecule has 2 aromatic heterocycles. The maximum absolute atomic E-state index is 12.2. The minimum atomic E-state index is -0.0842. The predicted octanol–water partition coefficient (Wildman–Crippen LogP) is 2.62. The van der Waals surface area contributed by atoms with E-state index in [0.29, 0.717) is 16.7 Å². The molecule has 2 heterocycles. The molecule has 0 aliphatic heterocycles. The van der Waals surface area contributed by atoms with Crippen LogP contribution in [0.2, 0.25) is 0 Å². The number of amides is 1. The van der Waals surface area contributed by atoms with E-state index in [2.05, 4.69) is 31.5 Å². The minimum Gasteiger partial charge on any atom is -0.325 e. The molecule has 0 aliphatic carbocycles. The molecule has 25 heavy (non-hydrogen) atoms. The highest BCUT2D eigenvalue weighted by Gasteiger charge is 2.14. The molecular formula is C17H18N6OS. The Morgan fingerprint density at radius 3 is 2.60 bits per heavy atom. The number of anilines is 1. The number of carbonyl (C=O) groups excluding carboxylic acids is 1. The molecular weight excluding hydrogens is 336 g/mol. The van der Waals surface area contributed by atoms with Gasteiger partial charge in [-0.1, -0.05) is 17.8 Å². The summed E-state index contributed by atoms with van der Waals surface area (Å²) in [6.07, 6.45) is 4.84. The maximum Gasteiger partial charge on any atom is 0.234 e. The van der Waals surface area contributed by atoms with Gasteiger partial charge in [0.15, 0.2) is 11.0 Å². The van der Waals surface area contributed by atoms with E-state index in [4.69, 9.17) is 0 Å². The third-order valence-electron chi connectivity index (χ3n) is 3.46. The molecule has 0 saturated carbocycles. The van der Waals surface area contributed by atoms with Crippen molar-refractivity contribution in [3.63, 3.8) is 0 Å². The van der Waals surface area contributed by atoms with Crippen molar-refractivity contribution in [1.82, 2.24) is 24.7 Å². The Morgan fingerprint density at radius 2 is 1.92 bits per heavy atom. The third-order valence-corrected chi connectivity index (χ3v) is 4.49. The molecule has 3 rings (SSSR count). The monoisotopic (exact) mass is 354 g/mol. The van der Waals surface area contributed by atoms with Crippen LogP contribution in [-0.2, 0) is 11.8 Å². The normalized spacial score (nSPS) is 10.7. The Hall–Kier alpha value is -2.74. The zero-order chi connectivity index (χ0) is 17.8. The van der Waals surface area contributed by atoms with Crippen LogP contribution in [0.5, 0.6) is 0 Å². The van der Waals surface area contributed by atoms with E-state index in [1.807, 2.05) is 33.0 Å². The summed E-state index contributed by atoms with van der Waals surface area (Å²) in [7, 11) is 1.84. The fraction of sp³-hybridized carbons (Fsp3) is 0.235. The van der Waals surface area contributed by atoms with Crippen LogP contribution in [0.25, 0.3) is 11.5 Å². The number of thioether (sulfide) groups is 1. The minimum absolute atomic E-state index is 0.0842. The van der Waals surface area contributed by atoms with Crippen molar-refractivity contribution >= 4 is 23.4 Å². The first kappa shape index (κ1) is 17.1. The Labute approximate surface area is 149 Å². The number of hydrogen-bond donors (Lipinski definition) is 1. The van der Waals surface area contributed by atoms with Crippen molar-refractivity contribution in [2.24, 2.45) is 7.05 Å². The van der Waals surface area contributed by atoms with Gasteiger partial charge in [0.1, 0.15) is 5.69 Å². The second-order valence-corrected chi connectivity index (χ2v) is 6.61. The molecule has 7 nitrogen and oxygen atoms in total. The van der Waals surface area contributed by atoms with E-state index < -0.39 is 0 Å². The second-order valence-electron chi connectivity index (χ2n) is 5.67. The summed E-state index contributed by atoms with van der Waals surface area (Å²) >= 11 is 1.33. The van der Waals surface area contributed by atoms with E-state index in [-0.39, 0.29) is 11.7 Å². The molecule has 0 bridgehead atoms. The number of carbonyl (C=O) groups is 1. The van der Waals surface area contributed by atoms with Gasteiger partial charge in [-0.05, 0) is 37.1 Å². The fourth-order valence-electron chi connectivity index (χ4n) is 2.45. The maximum atomic E-state index is 12.2. The number of rotatable bonds is 5. The lowest BCUT2D eigenvalue weighted by molar-refractivity contribution is -0.113. The number of nitrogens with one attached hydrogen (secondary N) is 1. The standard InChI is InChI=1S/C17H18N6OS/c1-11-6-12(2)8-13(7-11)20-15(24)10-25-17-22-21-16(23(17)3)14-9-18-4-5-19-14/h4-9H,10H2,1-3H3,(H,20,24). The van der Waals surface area contributed by atoms with Gasteiger partial charge >= 0.3 is 0 Å². The van der Waals surface area contributed by atoms with Crippen molar-refractivity contribution in [3.8, 4) is 11.5 Å². The van der Waals surface area contributed by atoms with Gasteiger partial charge in [0, 0.05) is 25.1 Å². The average molecular weight is 354 g/mol. The molecule has 0 radical (unpaired) electrons. The van der Waals surface area contributed by atoms with Crippen molar-refractivity contribution in [1.29, 1.82) is 0 Å². The van der Waals surface area contributed by atoms with Gasteiger partial charge in [-0.25, -0.2) is 4.98 Å². The smallest absolute Gasteiger partial charge is 0.234 e. The third kappa shape index (κ3) is 4.21. The molecule has 1 aromatic carbocycles. The molecule has 128 valence electrons. The van der Waals surface area contributed by atoms with Crippen molar-refractivity contribution < 1.29 is 4.79 Å². The van der Waals surface area contributed by atoms with Gasteiger partial charge in [-0.3, -0.25) is 9.78 Å². The second kappa shape index (κ2) is 7.43. The largest absolute Gasteiger partial charge is 0.325 e. The molecule has 1 N–H and O–H groups in total. The highest BCUT2D eigenvalue weighted by atomic mass is 32.2. The molecule has 0 fully saturated rings. The van der Waals surface area contributed by atoms with E-state index >= 15 is 0 Å². The summed E-state index contributed by atoms with van der Waals surface area (Å²) in [5, 5.41) is 11.8. The summed E-state index contributed by atoms with van der Waals surface area (Å²) < 4.78 is 1.80. The Kier molecular flexibility index (Phi) is 5.08. The summed E-state index contributed by atoms with van der Waals surface area (Å²) in [4.78, 5) is 20.4. The van der Waals surface area contributed by atoms with Crippen LogP contribution in [0.3, 0.4) is 0 Å². The number of aryl methyl sites for hydroxylation is 2. The lowest BCUT2D eigenvalue weighted by Crippen LogP contribution is -2.14. The average Bonchev–Trinajstić information content (AvgIpc) is 2.93.